The van der Waals surface area contributed by atoms with Crippen LogP contribution >= 0.6 is 57.9 Å². The van der Waals surface area contributed by atoms with Gasteiger partial charge in [0.2, 0.25) is 11.8 Å². The highest BCUT2D eigenvalue weighted by Gasteiger charge is 2.20. The molecule has 1 heterocycles. The number of rotatable bonds is 9. The number of thiazole rings is 1. The van der Waals surface area contributed by atoms with E-state index in [4.69, 9.17) is 34.8 Å². The second-order valence-corrected chi connectivity index (χ2v) is 11.4. The summed E-state index contributed by atoms with van der Waals surface area (Å²) >= 11 is 20.8. The van der Waals surface area contributed by atoms with Crippen molar-refractivity contribution in [3.05, 3.63) is 92.7 Å². The van der Waals surface area contributed by atoms with Crippen molar-refractivity contribution in [2.45, 2.75) is 29.9 Å². The predicted octanol–water partition coefficient (Wildman–Crippen LogP) is 8.46. The monoisotopic (exact) mass is 589 g/mol. The van der Waals surface area contributed by atoms with E-state index in [0.717, 1.165) is 16.0 Å². The Morgan fingerprint density at radius 2 is 1.76 bits per heavy atom. The summed E-state index contributed by atoms with van der Waals surface area (Å²) in [6.45, 7) is 1.96. The lowest BCUT2D eigenvalue weighted by Crippen LogP contribution is -2.24. The average Bonchev–Trinajstić information content (AvgIpc) is 3.34. The first-order valence-electron chi connectivity index (χ1n) is 11.3. The van der Waals surface area contributed by atoms with Crippen LogP contribution in [0.3, 0.4) is 0 Å². The molecule has 0 aliphatic rings. The normalized spacial score (nSPS) is 11.7. The first kappa shape index (κ1) is 27.5. The summed E-state index contributed by atoms with van der Waals surface area (Å²) in [5.74, 6) is -0.268. The molecule has 0 saturated heterocycles. The van der Waals surface area contributed by atoms with Gasteiger partial charge in [0, 0.05) is 26.5 Å². The fraction of sp³-hybridized carbons (Fsp3) is 0.148. The van der Waals surface area contributed by atoms with Crippen molar-refractivity contribution in [1.82, 2.24) is 4.98 Å². The summed E-state index contributed by atoms with van der Waals surface area (Å²) in [5, 5.41) is 9.42. The Morgan fingerprint density at radius 1 is 0.973 bits per heavy atom. The summed E-state index contributed by atoms with van der Waals surface area (Å²) in [6.07, 6.45) is 0.862. The van der Waals surface area contributed by atoms with Gasteiger partial charge in [-0.05, 0) is 54.4 Å². The highest BCUT2D eigenvalue weighted by molar-refractivity contribution is 8.00. The maximum Gasteiger partial charge on any atom is 0.239 e. The fourth-order valence-electron chi connectivity index (χ4n) is 3.43. The number of hydrogen-bond donors (Lipinski definition) is 2. The molecular formula is C27H22Cl3N3O2S2. The van der Waals surface area contributed by atoms with Crippen LogP contribution in [-0.4, -0.2) is 22.0 Å². The van der Waals surface area contributed by atoms with Crippen LogP contribution < -0.4 is 10.6 Å². The first-order valence-corrected chi connectivity index (χ1v) is 14.2. The van der Waals surface area contributed by atoms with Crippen LogP contribution in [0.15, 0.2) is 77.0 Å². The highest BCUT2D eigenvalue weighted by Crippen LogP contribution is 2.32. The number of benzene rings is 3. The van der Waals surface area contributed by atoms with E-state index in [-0.39, 0.29) is 23.5 Å². The zero-order valence-corrected chi connectivity index (χ0v) is 23.5. The van der Waals surface area contributed by atoms with Crippen LogP contribution in [0, 0.1) is 0 Å². The molecule has 1 unspecified atom stereocenters. The Labute approximate surface area is 238 Å². The van der Waals surface area contributed by atoms with E-state index in [1.54, 1.807) is 24.3 Å². The largest absolute Gasteiger partial charge is 0.326 e. The molecule has 37 heavy (non-hydrogen) atoms. The van der Waals surface area contributed by atoms with Crippen molar-refractivity contribution in [2.24, 2.45) is 0 Å². The van der Waals surface area contributed by atoms with Gasteiger partial charge in [-0.1, -0.05) is 66.0 Å². The molecule has 0 bridgehead atoms. The molecule has 0 aliphatic carbocycles. The van der Waals surface area contributed by atoms with Gasteiger partial charge < -0.3 is 10.6 Å². The Kier molecular flexibility index (Phi) is 9.51. The molecule has 0 fully saturated rings. The number of carbonyl (C=O) groups is 2. The summed E-state index contributed by atoms with van der Waals surface area (Å²) in [5.41, 5.74) is 3.08. The van der Waals surface area contributed by atoms with E-state index >= 15 is 0 Å². The van der Waals surface area contributed by atoms with Gasteiger partial charge in [-0.2, -0.15) is 0 Å². The van der Waals surface area contributed by atoms with Gasteiger partial charge >= 0.3 is 0 Å². The highest BCUT2D eigenvalue weighted by atomic mass is 35.5. The summed E-state index contributed by atoms with van der Waals surface area (Å²) in [7, 11) is 0. The fourth-order valence-corrected chi connectivity index (χ4v) is 5.59. The number of hydrogen-bond acceptors (Lipinski definition) is 5. The third-order valence-electron chi connectivity index (χ3n) is 5.29. The average molecular weight is 591 g/mol. The summed E-state index contributed by atoms with van der Waals surface area (Å²) < 4.78 is 0. The molecule has 4 rings (SSSR count). The zero-order valence-electron chi connectivity index (χ0n) is 19.6. The Bertz CT molecular complexity index is 1410. The Hall–Kier alpha value is -2.55. The minimum absolute atomic E-state index is 0.129. The molecule has 5 nitrogen and oxygen atoms in total. The molecule has 0 saturated carbocycles. The SMILES string of the molecule is CCC(Sc1cccc(NC(=O)Cc2ccc(Cl)cc2)c1)C(=O)Nc1nc(-c2ccc(Cl)c(Cl)c2)cs1. The molecule has 190 valence electrons. The molecule has 0 radical (unpaired) electrons. The van der Waals surface area contributed by atoms with Crippen molar-refractivity contribution in [1.29, 1.82) is 0 Å². The van der Waals surface area contributed by atoms with Crippen LogP contribution in [0.25, 0.3) is 11.3 Å². The maximum absolute atomic E-state index is 13.0. The van der Waals surface area contributed by atoms with Crippen LogP contribution in [0.4, 0.5) is 10.8 Å². The van der Waals surface area contributed by atoms with Crippen molar-refractivity contribution in [3.63, 3.8) is 0 Å². The topological polar surface area (TPSA) is 71.1 Å². The molecule has 4 aromatic rings. The zero-order chi connectivity index (χ0) is 26.4. The summed E-state index contributed by atoms with van der Waals surface area (Å²) in [6, 6.07) is 19.9. The van der Waals surface area contributed by atoms with Crippen LogP contribution in [0.5, 0.6) is 0 Å². The van der Waals surface area contributed by atoms with Crippen LogP contribution in [0.2, 0.25) is 15.1 Å². The van der Waals surface area contributed by atoms with Crippen molar-refractivity contribution < 1.29 is 9.59 Å². The third-order valence-corrected chi connectivity index (χ3v) is 8.39. The third kappa shape index (κ3) is 7.72. The molecule has 2 N–H and O–H groups in total. The quantitative estimate of drug-likeness (QED) is 0.192. The number of halogens is 3. The van der Waals surface area contributed by atoms with Gasteiger partial charge in [0.1, 0.15) is 0 Å². The predicted molar refractivity (Wildman–Crippen MR) is 156 cm³/mol. The molecule has 1 aromatic heterocycles. The van der Waals surface area contributed by atoms with E-state index in [1.807, 2.05) is 54.8 Å². The second-order valence-electron chi connectivity index (χ2n) is 8.05. The molecule has 3 aromatic carbocycles. The van der Waals surface area contributed by atoms with Gasteiger partial charge in [0.25, 0.3) is 0 Å². The molecule has 10 heteroatoms. The smallest absolute Gasteiger partial charge is 0.239 e. The lowest BCUT2D eigenvalue weighted by Gasteiger charge is -2.14. The molecule has 0 aliphatic heterocycles. The van der Waals surface area contributed by atoms with Gasteiger partial charge in [-0.25, -0.2) is 4.98 Å². The van der Waals surface area contributed by atoms with Crippen LogP contribution in [-0.2, 0) is 16.0 Å². The van der Waals surface area contributed by atoms with Gasteiger partial charge in [0.15, 0.2) is 5.13 Å². The van der Waals surface area contributed by atoms with Gasteiger partial charge in [0.05, 0.1) is 27.4 Å². The van der Waals surface area contributed by atoms with Gasteiger partial charge in [-0.3, -0.25) is 9.59 Å². The molecular weight excluding hydrogens is 569 g/mol. The number of nitrogens with one attached hydrogen (secondary N) is 2. The van der Waals surface area contributed by atoms with Crippen molar-refractivity contribution >= 4 is 80.5 Å². The standard InChI is InChI=1S/C27H22Cl3N3O2S2/c1-2-24(26(35)33-27-32-23(15-36-27)17-8-11-21(29)22(30)13-17)37-20-5-3-4-19(14-20)31-25(34)12-16-6-9-18(28)10-7-16/h3-11,13-15,24H,2,12H2,1H3,(H,31,34)(H,32,33,35). The van der Waals surface area contributed by atoms with E-state index < -0.39 is 0 Å². The number of amides is 2. The number of nitrogens with zero attached hydrogens (tertiary/aromatic N) is 1. The number of anilines is 2. The number of thioether (sulfide) groups is 1. The Morgan fingerprint density at radius 3 is 2.49 bits per heavy atom. The lowest BCUT2D eigenvalue weighted by molar-refractivity contribution is -0.116. The second kappa shape index (κ2) is 12.8. The van der Waals surface area contributed by atoms with E-state index in [2.05, 4.69) is 15.6 Å². The van der Waals surface area contributed by atoms with Crippen molar-refractivity contribution in [3.8, 4) is 11.3 Å². The number of aromatic nitrogens is 1. The van der Waals surface area contributed by atoms with E-state index in [0.29, 0.717) is 38.0 Å². The minimum Gasteiger partial charge on any atom is -0.326 e. The van der Waals surface area contributed by atoms with Gasteiger partial charge in [-0.15, -0.1) is 23.1 Å². The van der Waals surface area contributed by atoms with Crippen LogP contribution in [0.1, 0.15) is 18.9 Å². The molecule has 1 atom stereocenters. The van der Waals surface area contributed by atoms with E-state index in [9.17, 15) is 9.59 Å². The Balaban J connectivity index is 1.36. The maximum atomic E-state index is 13.0. The molecule has 2 amide bonds. The number of carbonyl (C=O) groups excluding carboxylic acids is 2. The molecule has 0 spiro atoms. The first-order chi connectivity index (χ1) is 17.8. The van der Waals surface area contributed by atoms with Crippen molar-refractivity contribution in [2.75, 3.05) is 10.6 Å². The lowest BCUT2D eigenvalue weighted by atomic mass is 10.1. The van der Waals surface area contributed by atoms with E-state index in [1.165, 1.54) is 23.1 Å². The minimum atomic E-state index is -0.336. The summed E-state index contributed by atoms with van der Waals surface area (Å²) in [4.78, 5) is 30.9.